The number of anilines is 1. The van der Waals surface area contributed by atoms with Crippen molar-refractivity contribution < 1.29 is 31.9 Å². The number of halogens is 5. The fourth-order valence-corrected chi connectivity index (χ4v) is 6.11. The van der Waals surface area contributed by atoms with Crippen molar-refractivity contribution in [1.82, 2.24) is 20.1 Å². The highest BCUT2D eigenvalue weighted by Crippen LogP contribution is 2.38. The van der Waals surface area contributed by atoms with Crippen molar-refractivity contribution in [2.75, 3.05) is 51.3 Å². The van der Waals surface area contributed by atoms with E-state index in [0.717, 1.165) is 12.1 Å². The van der Waals surface area contributed by atoms with Crippen LogP contribution >= 0.6 is 11.6 Å². The smallest absolute Gasteiger partial charge is 0.417 e. The van der Waals surface area contributed by atoms with Crippen LogP contribution in [0, 0.1) is 5.82 Å². The molecule has 3 aromatic rings. The number of benzene rings is 2. The lowest BCUT2D eigenvalue weighted by molar-refractivity contribution is -0.138. The molecule has 0 radical (unpaired) electrons. The van der Waals surface area contributed by atoms with Crippen molar-refractivity contribution in [3.63, 3.8) is 0 Å². The number of amides is 2. The maximum absolute atomic E-state index is 16.6. The van der Waals surface area contributed by atoms with Gasteiger partial charge in [0, 0.05) is 61.1 Å². The molecule has 2 fully saturated rings. The maximum atomic E-state index is 16.6. The second-order valence-electron chi connectivity index (χ2n) is 11.2. The van der Waals surface area contributed by atoms with Gasteiger partial charge in [0.25, 0.3) is 11.8 Å². The molecule has 0 saturated carbocycles. The van der Waals surface area contributed by atoms with E-state index < -0.39 is 41.0 Å². The quantitative estimate of drug-likeness (QED) is 0.314. The summed E-state index contributed by atoms with van der Waals surface area (Å²) in [4.78, 5) is 36.6. The molecule has 2 aromatic carbocycles. The van der Waals surface area contributed by atoms with Gasteiger partial charge in [-0.3, -0.25) is 9.59 Å². The molecule has 8 nitrogen and oxygen atoms in total. The predicted octanol–water partition coefficient (Wildman–Crippen LogP) is 5.74. The Morgan fingerprint density at radius 1 is 1.07 bits per heavy atom. The van der Waals surface area contributed by atoms with Crippen LogP contribution in [-0.4, -0.2) is 85.1 Å². The van der Waals surface area contributed by atoms with Crippen LogP contribution in [0.5, 0.6) is 5.88 Å². The number of nitrogens with one attached hydrogen (secondary N) is 1. The number of rotatable bonds is 8. The summed E-state index contributed by atoms with van der Waals surface area (Å²) in [6, 6.07) is 9.11. The zero-order valence-corrected chi connectivity index (χ0v) is 25.9. The lowest BCUT2D eigenvalue weighted by Gasteiger charge is -2.43. The monoisotopic (exact) mass is 647 g/mol. The third-order valence-corrected chi connectivity index (χ3v) is 8.39. The van der Waals surface area contributed by atoms with Crippen molar-refractivity contribution in [1.29, 1.82) is 0 Å². The molecule has 1 aromatic heterocycles. The number of alkyl halides is 3. The minimum Gasteiger partial charge on any atom is -0.478 e. The highest BCUT2D eigenvalue weighted by Gasteiger charge is 2.39. The van der Waals surface area contributed by atoms with Gasteiger partial charge in [-0.1, -0.05) is 18.5 Å². The summed E-state index contributed by atoms with van der Waals surface area (Å²) < 4.78 is 63.5. The van der Waals surface area contributed by atoms with Crippen LogP contribution in [0.3, 0.4) is 0 Å². The van der Waals surface area contributed by atoms with Gasteiger partial charge >= 0.3 is 6.18 Å². The van der Waals surface area contributed by atoms with E-state index in [9.17, 15) is 22.8 Å². The zero-order valence-electron chi connectivity index (χ0n) is 25.1. The molecule has 240 valence electrons. The van der Waals surface area contributed by atoms with Gasteiger partial charge in [-0.2, -0.15) is 13.2 Å². The molecular weight excluding hydrogens is 614 g/mol. The lowest BCUT2D eigenvalue weighted by atomic mass is 9.97. The Hall–Kier alpha value is -3.90. The molecule has 13 heteroatoms. The molecule has 1 atom stereocenters. The van der Waals surface area contributed by atoms with Gasteiger partial charge in [0.1, 0.15) is 5.82 Å². The molecule has 2 saturated heterocycles. The minimum absolute atomic E-state index is 0.0597. The minimum atomic E-state index is -4.77. The van der Waals surface area contributed by atoms with Gasteiger partial charge in [-0.15, -0.1) is 0 Å². The Morgan fingerprint density at radius 2 is 1.82 bits per heavy atom. The van der Waals surface area contributed by atoms with E-state index in [1.165, 1.54) is 17.2 Å². The Bertz CT molecular complexity index is 1580. The lowest BCUT2D eigenvalue weighted by Crippen LogP contribution is -2.58. The molecular formula is C32H34ClF4N5O3. The van der Waals surface area contributed by atoms with Gasteiger partial charge < -0.3 is 24.8 Å². The summed E-state index contributed by atoms with van der Waals surface area (Å²) in [6.45, 7) is 5.53. The van der Waals surface area contributed by atoms with Crippen molar-refractivity contribution in [3.8, 4) is 17.0 Å². The first-order valence-corrected chi connectivity index (χ1v) is 15.1. The fraction of sp³-hybridized carbons (Fsp3) is 0.406. The molecule has 2 aliphatic rings. The number of likely N-dealkylation sites (N-methyl/N-ethyl adjacent to an activating group) is 1. The predicted molar refractivity (Wildman–Crippen MR) is 163 cm³/mol. The normalized spacial score (nSPS) is 17.6. The van der Waals surface area contributed by atoms with E-state index in [2.05, 4.69) is 10.3 Å². The number of aromatic nitrogens is 1. The van der Waals surface area contributed by atoms with Gasteiger partial charge in [0.15, 0.2) is 0 Å². The second-order valence-corrected chi connectivity index (χ2v) is 11.6. The van der Waals surface area contributed by atoms with Gasteiger partial charge in [0.05, 0.1) is 35.0 Å². The average Bonchev–Trinajstić information content (AvgIpc) is 2.99. The second kappa shape index (κ2) is 13.2. The molecule has 2 amide bonds. The molecule has 0 aliphatic carbocycles. The van der Waals surface area contributed by atoms with E-state index in [0.29, 0.717) is 37.4 Å². The Labute approximate surface area is 263 Å². The molecule has 1 N–H and O–H groups in total. The van der Waals surface area contributed by atoms with Crippen LogP contribution < -0.4 is 15.0 Å². The summed E-state index contributed by atoms with van der Waals surface area (Å²) in [5.41, 5.74) is -0.858. The van der Waals surface area contributed by atoms with Crippen LogP contribution in [0.1, 0.15) is 46.5 Å². The number of carbonyl (C=O) groups excluding carboxylic acids is 2. The number of nitrogens with zero attached hydrogens (tertiary/aromatic N) is 4. The van der Waals surface area contributed by atoms with E-state index in [1.54, 1.807) is 31.2 Å². The topological polar surface area (TPSA) is 78.0 Å². The van der Waals surface area contributed by atoms with Crippen molar-refractivity contribution in [2.24, 2.45) is 0 Å². The van der Waals surface area contributed by atoms with Gasteiger partial charge in [-0.05, 0) is 62.9 Å². The largest absolute Gasteiger partial charge is 0.478 e. The maximum Gasteiger partial charge on any atom is 0.417 e. The average molecular weight is 648 g/mol. The highest BCUT2D eigenvalue weighted by atomic mass is 35.5. The highest BCUT2D eigenvalue weighted by molar-refractivity contribution is 6.30. The Kier molecular flexibility index (Phi) is 9.54. The van der Waals surface area contributed by atoms with Crippen molar-refractivity contribution >= 4 is 29.1 Å². The molecule has 0 unspecified atom stereocenters. The molecule has 2 aliphatic heterocycles. The summed E-state index contributed by atoms with van der Waals surface area (Å²) in [5, 5.41) is 2.81. The molecule has 3 heterocycles. The van der Waals surface area contributed by atoms with Crippen LogP contribution in [0.15, 0.2) is 48.7 Å². The van der Waals surface area contributed by atoms with Crippen LogP contribution in [-0.2, 0) is 6.18 Å². The Balaban J connectivity index is 1.50. The summed E-state index contributed by atoms with van der Waals surface area (Å²) in [5.74, 6) is -1.85. The number of carbonyl (C=O) groups is 2. The number of piperazine rings is 1. The third-order valence-electron chi connectivity index (χ3n) is 8.16. The molecule has 5 rings (SSSR count). The van der Waals surface area contributed by atoms with E-state index >= 15 is 4.39 Å². The van der Waals surface area contributed by atoms with Crippen LogP contribution in [0.2, 0.25) is 5.02 Å². The standard InChI is InChI=1S/C32H34ClF4N5O3/c1-4-21-18-41(31(44)24-9-8-19(33)15-25(24)32(35,36)37)13-14-42(21)26-11-10-22(23-7-6-12-38-30(23)45-5-2)28(34)27(26)29(43)39-20-16-40(3)17-20/h6-12,15,20-21H,4-5,13-14,16-18H2,1-3H3,(H,39,43)/t21-/m1/s1. The van der Waals surface area contributed by atoms with Crippen LogP contribution in [0.4, 0.5) is 23.2 Å². The van der Waals surface area contributed by atoms with Crippen LogP contribution in [0.25, 0.3) is 11.1 Å². The zero-order chi connectivity index (χ0) is 32.5. The molecule has 0 bridgehead atoms. The van der Waals surface area contributed by atoms with E-state index in [-0.39, 0.29) is 47.7 Å². The Morgan fingerprint density at radius 3 is 2.49 bits per heavy atom. The van der Waals surface area contributed by atoms with Gasteiger partial charge in [0.2, 0.25) is 5.88 Å². The van der Waals surface area contributed by atoms with E-state index in [1.807, 2.05) is 23.8 Å². The fourth-order valence-electron chi connectivity index (χ4n) is 5.94. The number of hydrogen-bond acceptors (Lipinski definition) is 6. The van der Waals surface area contributed by atoms with Gasteiger partial charge in [-0.25, -0.2) is 9.37 Å². The van der Waals surface area contributed by atoms with Crippen molar-refractivity contribution in [3.05, 3.63) is 76.2 Å². The first-order valence-electron chi connectivity index (χ1n) is 14.8. The van der Waals surface area contributed by atoms with Crippen molar-refractivity contribution in [2.45, 2.75) is 38.5 Å². The van der Waals surface area contributed by atoms with E-state index in [4.69, 9.17) is 16.3 Å². The summed E-state index contributed by atoms with van der Waals surface area (Å²) >= 11 is 5.82. The number of pyridine rings is 1. The summed E-state index contributed by atoms with van der Waals surface area (Å²) in [6.07, 6.45) is -2.75. The summed E-state index contributed by atoms with van der Waals surface area (Å²) in [7, 11) is 1.92. The molecule has 0 spiro atoms. The first kappa shape index (κ1) is 32.5. The number of hydrogen-bond donors (Lipinski definition) is 1. The first-order chi connectivity index (χ1) is 21.4. The third kappa shape index (κ3) is 6.72. The SMILES string of the molecule is CCOc1ncccc1-c1ccc(N2CCN(C(=O)c3ccc(Cl)cc3C(F)(F)F)C[C@H]2CC)c(C(=O)NC2CN(C)C2)c1F. The molecule has 45 heavy (non-hydrogen) atoms. The number of ether oxygens (including phenoxy) is 1. The number of likely N-dealkylation sites (tertiary alicyclic amines) is 1.